The Bertz CT molecular complexity index is 1110. The summed E-state index contributed by atoms with van der Waals surface area (Å²) in [4.78, 5) is 0. The van der Waals surface area contributed by atoms with Crippen molar-refractivity contribution in [2.75, 3.05) is 0 Å². The van der Waals surface area contributed by atoms with E-state index < -0.39 is 57.5 Å². The average Bonchev–Trinajstić information content (AvgIpc) is 2.64. The van der Waals surface area contributed by atoms with Crippen LogP contribution in [0.3, 0.4) is 0 Å². The predicted molar refractivity (Wildman–Crippen MR) is 107 cm³/mol. The summed E-state index contributed by atoms with van der Waals surface area (Å²) >= 11 is 0. The van der Waals surface area contributed by atoms with E-state index in [9.17, 15) is 39.5 Å². The van der Waals surface area contributed by atoms with Crippen molar-refractivity contribution >= 4 is 0 Å². The molecule has 0 unspecified atom stereocenters. The van der Waals surface area contributed by atoms with Gasteiger partial charge < -0.3 is 0 Å². The molecule has 176 valence electrons. The molecule has 0 spiro atoms. The molecule has 0 saturated heterocycles. The molecule has 0 aliphatic heterocycles. The summed E-state index contributed by atoms with van der Waals surface area (Å²) in [6.45, 7) is 4.14. The lowest BCUT2D eigenvalue weighted by Crippen LogP contribution is -2.15. The summed E-state index contributed by atoms with van der Waals surface area (Å²) in [5.74, 6) is 0. The molecule has 0 nitrogen and oxygen atoms in total. The van der Waals surface area contributed by atoms with Crippen molar-refractivity contribution in [3.63, 3.8) is 0 Å². The van der Waals surface area contributed by atoms with Crippen LogP contribution in [0.5, 0.6) is 0 Å². The number of halogens is 9. The lowest BCUT2D eigenvalue weighted by atomic mass is 9.85. The fraction of sp³-hybridized carbons (Fsp3) is 0.250. The Kier molecular flexibility index (Phi) is 6.06. The highest BCUT2D eigenvalue weighted by Crippen LogP contribution is 2.49. The van der Waals surface area contributed by atoms with Crippen LogP contribution in [0.2, 0.25) is 0 Å². The summed E-state index contributed by atoms with van der Waals surface area (Å²) in [7, 11) is 0. The summed E-state index contributed by atoms with van der Waals surface area (Å²) < 4.78 is 125. The van der Waals surface area contributed by atoms with E-state index in [1.165, 1.54) is 20.8 Å². The van der Waals surface area contributed by atoms with E-state index >= 15 is 0 Å². The first-order valence-electron chi connectivity index (χ1n) is 9.58. The lowest BCUT2D eigenvalue weighted by Gasteiger charge is -2.23. The minimum atomic E-state index is -5.24. The van der Waals surface area contributed by atoms with Crippen molar-refractivity contribution in [3.05, 3.63) is 81.9 Å². The van der Waals surface area contributed by atoms with Gasteiger partial charge in [-0.1, -0.05) is 47.5 Å². The second-order valence-corrected chi connectivity index (χ2v) is 7.83. The SMILES string of the molecule is Cc1ccc(C(F)(F)F)c(-c2cc(C)cc(-c3cc(C)ccc3C(F)(F)F)c2C(F)(F)F)c1. The number of benzene rings is 3. The van der Waals surface area contributed by atoms with Gasteiger partial charge in [-0.2, -0.15) is 39.5 Å². The molecule has 3 aromatic rings. The zero-order valence-corrected chi connectivity index (χ0v) is 17.5. The molecule has 0 radical (unpaired) electrons. The number of alkyl halides is 9. The molecule has 0 bridgehead atoms. The van der Waals surface area contributed by atoms with Gasteiger partial charge in [-0.15, -0.1) is 0 Å². The fourth-order valence-corrected chi connectivity index (χ4v) is 3.77. The molecule has 3 aromatic carbocycles. The van der Waals surface area contributed by atoms with Crippen molar-refractivity contribution in [1.82, 2.24) is 0 Å². The topological polar surface area (TPSA) is 0 Å². The minimum absolute atomic E-state index is 0.0808. The Morgan fingerprint density at radius 2 is 0.758 bits per heavy atom. The molecule has 0 heterocycles. The Hall–Kier alpha value is -2.97. The Labute approximate surface area is 183 Å². The summed E-state index contributed by atoms with van der Waals surface area (Å²) in [6, 6.07) is 7.30. The van der Waals surface area contributed by atoms with Gasteiger partial charge in [-0.3, -0.25) is 0 Å². The molecular weight excluding hydrogens is 459 g/mol. The first kappa shape index (κ1) is 24.7. The van der Waals surface area contributed by atoms with Crippen LogP contribution in [0.15, 0.2) is 48.5 Å². The van der Waals surface area contributed by atoms with Gasteiger partial charge in [0.1, 0.15) is 0 Å². The number of hydrogen-bond donors (Lipinski definition) is 0. The van der Waals surface area contributed by atoms with Crippen LogP contribution in [0.1, 0.15) is 33.4 Å². The molecule has 0 aliphatic rings. The highest BCUT2D eigenvalue weighted by Gasteiger charge is 2.42. The first-order chi connectivity index (χ1) is 15.0. The third kappa shape index (κ3) is 5.02. The molecule has 0 saturated carbocycles. The van der Waals surface area contributed by atoms with E-state index in [0.29, 0.717) is 12.1 Å². The zero-order chi connectivity index (χ0) is 24.9. The van der Waals surface area contributed by atoms with Gasteiger partial charge in [0.2, 0.25) is 0 Å². The quantitative estimate of drug-likeness (QED) is 0.324. The van der Waals surface area contributed by atoms with Gasteiger partial charge in [0.25, 0.3) is 0 Å². The highest BCUT2D eigenvalue weighted by molar-refractivity contribution is 5.83. The van der Waals surface area contributed by atoms with Crippen LogP contribution in [-0.4, -0.2) is 0 Å². The molecule has 0 aliphatic carbocycles. The maximum Gasteiger partial charge on any atom is 0.417 e. The summed E-state index contributed by atoms with van der Waals surface area (Å²) in [5.41, 5.74) is -6.72. The van der Waals surface area contributed by atoms with Crippen LogP contribution in [-0.2, 0) is 18.5 Å². The Morgan fingerprint density at radius 3 is 1.06 bits per heavy atom. The molecule has 9 heteroatoms. The van der Waals surface area contributed by atoms with Crippen molar-refractivity contribution in [2.45, 2.75) is 39.3 Å². The molecule has 33 heavy (non-hydrogen) atoms. The smallest absolute Gasteiger partial charge is 0.166 e. The van der Waals surface area contributed by atoms with Crippen molar-refractivity contribution in [2.24, 2.45) is 0 Å². The minimum Gasteiger partial charge on any atom is -0.166 e. The van der Waals surface area contributed by atoms with Gasteiger partial charge in [0.15, 0.2) is 0 Å². The van der Waals surface area contributed by atoms with Gasteiger partial charge in [-0.05, 0) is 60.7 Å². The second kappa shape index (κ2) is 8.11. The van der Waals surface area contributed by atoms with Crippen LogP contribution < -0.4 is 0 Å². The van der Waals surface area contributed by atoms with Crippen molar-refractivity contribution in [1.29, 1.82) is 0 Å². The van der Waals surface area contributed by atoms with E-state index in [1.54, 1.807) is 0 Å². The van der Waals surface area contributed by atoms with Gasteiger partial charge in [0, 0.05) is 0 Å². The second-order valence-electron chi connectivity index (χ2n) is 7.83. The third-order valence-electron chi connectivity index (χ3n) is 5.11. The normalized spacial score (nSPS) is 12.8. The molecule has 0 aromatic heterocycles. The van der Waals surface area contributed by atoms with Crippen LogP contribution >= 0.6 is 0 Å². The Morgan fingerprint density at radius 1 is 0.424 bits per heavy atom. The monoisotopic (exact) mass is 476 g/mol. The number of rotatable bonds is 2. The van der Waals surface area contributed by atoms with Crippen LogP contribution in [0.25, 0.3) is 22.3 Å². The average molecular weight is 476 g/mol. The Balaban J connectivity index is 2.53. The van der Waals surface area contributed by atoms with Crippen molar-refractivity contribution in [3.8, 4) is 22.3 Å². The first-order valence-corrected chi connectivity index (χ1v) is 9.58. The summed E-state index contributed by atoms with van der Waals surface area (Å²) in [5, 5.41) is 0. The maximum absolute atomic E-state index is 14.3. The largest absolute Gasteiger partial charge is 0.417 e. The van der Waals surface area contributed by atoms with Gasteiger partial charge in [-0.25, -0.2) is 0 Å². The zero-order valence-electron chi connectivity index (χ0n) is 17.5. The predicted octanol–water partition coefficient (Wildman–Crippen LogP) is 9.00. The van der Waals surface area contributed by atoms with Gasteiger partial charge in [0.05, 0.1) is 16.7 Å². The van der Waals surface area contributed by atoms with E-state index in [0.717, 1.165) is 36.4 Å². The maximum atomic E-state index is 14.3. The highest BCUT2D eigenvalue weighted by atomic mass is 19.4. The van der Waals surface area contributed by atoms with Crippen molar-refractivity contribution < 1.29 is 39.5 Å². The standard InChI is InChI=1S/C24H17F9/c1-12-4-6-19(22(25,26)27)15(8-12)17-10-14(3)11-18(21(17)24(31,32)33)16-9-13(2)5-7-20(16)23(28,29)30/h4-11H,1-3H3. The molecule has 0 N–H and O–H groups in total. The van der Waals surface area contributed by atoms with E-state index in [-0.39, 0.29) is 16.7 Å². The molecule has 0 fully saturated rings. The molecular formula is C24H17F9. The molecule has 3 rings (SSSR count). The van der Waals surface area contributed by atoms with Gasteiger partial charge >= 0.3 is 18.5 Å². The van der Waals surface area contributed by atoms with E-state index in [1.807, 2.05) is 0 Å². The fourth-order valence-electron chi connectivity index (χ4n) is 3.77. The number of aryl methyl sites for hydroxylation is 3. The van der Waals surface area contributed by atoms with E-state index in [2.05, 4.69) is 0 Å². The number of hydrogen-bond acceptors (Lipinski definition) is 0. The molecule has 0 atom stereocenters. The lowest BCUT2D eigenvalue weighted by molar-refractivity contribution is -0.139. The van der Waals surface area contributed by atoms with Crippen LogP contribution in [0.4, 0.5) is 39.5 Å². The van der Waals surface area contributed by atoms with Crippen LogP contribution in [0, 0.1) is 20.8 Å². The van der Waals surface area contributed by atoms with E-state index in [4.69, 9.17) is 0 Å². The third-order valence-corrected chi connectivity index (χ3v) is 5.11. The summed E-state index contributed by atoms with van der Waals surface area (Å²) in [6.07, 6.45) is -15.2. The molecule has 0 amide bonds.